The lowest BCUT2D eigenvalue weighted by Crippen LogP contribution is -2.48. The van der Waals surface area contributed by atoms with Crippen LogP contribution in [0.3, 0.4) is 0 Å². The topological polar surface area (TPSA) is 49.3 Å². The zero-order valence-corrected chi connectivity index (χ0v) is 22.8. The minimum atomic E-state index is 0. The van der Waals surface area contributed by atoms with E-state index in [1.807, 2.05) is 0 Å². The first kappa shape index (κ1) is 26.7. The lowest BCUT2D eigenvalue weighted by Gasteiger charge is -2.36. The summed E-state index contributed by atoms with van der Waals surface area (Å²) >= 11 is 0. The minimum absolute atomic E-state index is 0. The van der Waals surface area contributed by atoms with Gasteiger partial charge in [-0.05, 0) is 63.5 Å². The van der Waals surface area contributed by atoms with Crippen LogP contribution in [0.1, 0.15) is 57.1 Å². The van der Waals surface area contributed by atoms with Gasteiger partial charge in [0, 0.05) is 45.4 Å². The first-order valence-electron chi connectivity index (χ1n) is 12.8. The van der Waals surface area contributed by atoms with Gasteiger partial charge >= 0.3 is 0 Å². The number of nitrogens with zero attached hydrogens (tertiary/aromatic N) is 3. The molecule has 33 heavy (non-hydrogen) atoms. The Balaban J connectivity index is 0.00000306. The van der Waals surface area contributed by atoms with Gasteiger partial charge in [-0.25, -0.2) is 0 Å². The van der Waals surface area contributed by atoms with Crippen LogP contribution in [-0.4, -0.2) is 79.9 Å². The van der Waals surface area contributed by atoms with Crippen molar-refractivity contribution in [2.24, 2.45) is 4.99 Å². The maximum absolute atomic E-state index is 6.20. The highest BCUT2D eigenvalue weighted by Crippen LogP contribution is 2.21. The molecule has 3 aliphatic rings. The molecular formula is C26H43IN4O2. The summed E-state index contributed by atoms with van der Waals surface area (Å²) < 4.78 is 12.0. The zero-order valence-electron chi connectivity index (χ0n) is 20.5. The van der Waals surface area contributed by atoms with Crippen molar-refractivity contribution in [1.29, 1.82) is 0 Å². The third kappa shape index (κ3) is 7.80. The fourth-order valence-corrected chi connectivity index (χ4v) is 5.07. The Morgan fingerprint density at radius 2 is 1.94 bits per heavy atom. The van der Waals surface area contributed by atoms with Gasteiger partial charge in [-0.15, -0.1) is 24.0 Å². The van der Waals surface area contributed by atoms with Crippen molar-refractivity contribution < 1.29 is 9.47 Å². The van der Waals surface area contributed by atoms with Crippen LogP contribution in [0.25, 0.3) is 0 Å². The Labute approximate surface area is 217 Å². The van der Waals surface area contributed by atoms with Crippen LogP contribution in [0.4, 0.5) is 0 Å². The number of hydrogen-bond donors (Lipinski definition) is 1. The molecule has 0 aromatic heterocycles. The van der Waals surface area contributed by atoms with E-state index < -0.39 is 0 Å². The van der Waals surface area contributed by atoms with Crippen molar-refractivity contribution in [2.45, 2.75) is 77.2 Å². The SMILES string of the molecule is CCNC(=NCC(C)N1CCc2ccccc2C1)N1CCC(OCC2CCCCO2)CC1.I. The van der Waals surface area contributed by atoms with Crippen LogP contribution in [-0.2, 0) is 22.4 Å². The minimum Gasteiger partial charge on any atom is -0.376 e. The molecule has 0 spiro atoms. The maximum atomic E-state index is 6.20. The first-order chi connectivity index (χ1) is 15.7. The molecule has 2 fully saturated rings. The van der Waals surface area contributed by atoms with Gasteiger partial charge in [0.05, 0.1) is 25.4 Å². The molecule has 0 amide bonds. The molecule has 6 nitrogen and oxygen atoms in total. The smallest absolute Gasteiger partial charge is 0.193 e. The van der Waals surface area contributed by atoms with Gasteiger partial charge in [-0.3, -0.25) is 9.89 Å². The maximum Gasteiger partial charge on any atom is 0.193 e. The number of fused-ring (bicyclic) bond motifs is 1. The summed E-state index contributed by atoms with van der Waals surface area (Å²) in [5.41, 5.74) is 2.98. The summed E-state index contributed by atoms with van der Waals surface area (Å²) in [6.45, 7) is 12.0. The van der Waals surface area contributed by atoms with Crippen LogP contribution in [0.5, 0.6) is 0 Å². The average Bonchev–Trinajstić information content (AvgIpc) is 2.86. The second kappa shape index (κ2) is 13.9. The number of likely N-dealkylation sites (tertiary alicyclic amines) is 1. The largest absolute Gasteiger partial charge is 0.376 e. The van der Waals surface area contributed by atoms with Crippen molar-refractivity contribution in [2.75, 3.05) is 45.9 Å². The predicted octanol–water partition coefficient (Wildman–Crippen LogP) is 4.07. The number of aliphatic imine (C=N–C) groups is 1. The molecular weight excluding hydrogens is 527 g/mol. The number of benzene rings is 1. The van der Waals surface area contributed by atoms with E-state index in [-0.39, 0.29) is 24.0 Å². The highest BCUT2D eigenvalue weighted by atomic mass is 127. The van der Waals surface area contributed by atoms with Crippen molar-refractivity contribution in [3.05, 3.63) is 35.4 Å². The summed E-state index contributed by atoms with van der Waals surface area (Å²) in [5, 5.41) is 3.52. The van der Waals surface area contributed by atoms with E-state index in [0.29, 0.717) is 18.2 Å². The van der Waals surface area contributed by atoms with Gasteiger partial charge in [0.1, 0.15) is 0 Å². The van der Waals surface area contributed by atoms with Crippen molar-refractivity contribution in [1.82, 2.24) is 15.1 Å². The normalized spacial score (nSPS) is 23.5. The second-order valence-corrected chi connectivity index (χ2v) is 9.54. The molecule has 0 radical (unpaired) electrons. The number of nitrogens with one attached hydrogen (secondary N) is 1. The molecule has 4 rings (SSSR count). The molecule has 2 saturated heterocycles. The second-order valence-electron chi connectivity index (χ2n) is 9.54. The molecule has 186 valence electrons. The fourth-order valence-electron chi connectivity index (χ4n) is 5.07. The van der Waals surface area contributed by atoms with Gasteiger partial charge < -0.3 is 19.7 Å². The van der Waals surface area contributed by atoms with E-state index >= 15 is 0 Å². The molecule has 1 aromatic rings. The van der Waals surface area contributed by atoms with E-state index in [2.05, 4.69) is 53.2 Å². The number of halogens is 1. The van der Waals surface area contributed by atoms with Gasteiger partial charge in [-0.1, -0.05) is 24.3 Å². The molecule has 1 aromatic carbocycles. The molecule has 7 heteroatoms. The lowest BCUT2D eigenvalue weighted by atomic mass is 9.99. The number of ether oxygens (including phenoxy) is 2. The van der Waals surface area contributed by atoms with Gasteiger partial charge in [-0.2, -0.15) is 0 Å². The third-order valence-electron chi connectivity index (χ3n) is 7.16. The number of rotatable bonds is 7. The van der Waals surface area contributed by atoms with E-state index in [0.717, 1.165) is 84.1 Å². The number of hydrogen-bond acceptors (Lipinski definition) is 4. The Morgan fingerprint density at radius 3 is 2.67 bits per heavy atom. The zero-order chi connectivity index (χ0) is 22.2. The number of guanidine groups is 1. The van der Waals surface area contributed by atoms with Crippen LogP contribution < -0.4 is 5.32 Å². The molecule has 0 aliphatic carbocycles. The van der Waals surface area contributed by atoms with Crippen LogP contribution in [0.2, 0.25) is 0 Å². The summed E-state index contributed by atoms with van der Waals surface area (Å²) in [4.78, 5) is 10.0. The average molecular weight is 571 g/mol. The van der Waals surface area contributed by atoms with Crippen LogP contribution >= 0.6 is 24.0 Å². The summed E-state index contributed by atoms with van der Waals surface area (Å²) in [7, 11) is 0. The molecule has 1 N–H and O–H groups in total. The summed E-state index contributed by atoms with van der Waals surface area (Å²) in [6.07, 6.45) is 7.56. The molecule has 2 unspecified atom stereocenters. The fraction of sp³-hybridized carbons (Fsp3) is 0.731. The number of piperidine rings is 1. The van der Waals surface area contributed by atoms with E-state index in [1.54, 1.807) is 0 Å². The summed E-state index contributed by atoms with van der Waals surface area (Å²) in [5.74, 6) is 1.06. The Morgan fingerprint density at radius 1 is 1.15 bits per heavy atom. The molecule has 0 saturated carbocycles. The Bertz CT molecular complexity index is 733. The lowest BCUT2D eigenvalue weighted by molar-refractivity contribution is -0.0721. The van der Waals surface area contributed by atoms with E-state index in [1.165, 1.54) is 24.0 Å². The van der Waals surface area contributed by atoms with Gasteiger partial charge in [0.25, 0.3) is 0 Å². The van der Waals surface area contributed by atoms with Crippen molar-refractivity contribution >= 4 is 29.9 Å². The van der Waals surface area contributed by atoms with Crippen LogP contribution in [0, 0.1) is 0 Å². The van der Waals surface area contributed by atoms with Gasteiger partial charge in [0.2, 0.25) is 0 Å². The van der Waals surface area contributed by atoms with E-state index in [4.69, 9.17) is 14.5 Å². The van der Waals surface area contributed by atoms with Crippen LogP contribution in [0.15, 0.2) is 29.3 Å². The quantitative estimate of drug-likeness (QED) is 0.305. The molecule has 2 atom stereocenters. The van der Waals surface area contributed by atoms with Crippen molar-refractivity contribution in [3.8, 4) is 0 Å². The van der Waals surface area contributed by atoms with Crippen molar-refractivity contribution in [3.63, 3.8) is 0 Å². The molecule has 3 heterocycles. The third-order valence-corrected chi connectivity index (χ3v) is 7.16. The monoisotopic (exact) mass is 570 g/mol. The highest BCUT2D eigenvalue weighted by Gasteiger charge is 2.25. The molecule has 3 aliphatic heterocycles. The predicted molar refractivity (Wildman–Crippen MR) is 146 cm³/mol. The Kier molecular flexibility index (Phi) is 11.2. The van der Waals surface area contributed by atoms with E-state index in [9.17, 15) is 0 Å². The standard InChI is InChI=1S/C26H42N4O2.HI/c1-3-27-26(28-18-21(2)30-14-11-22-8-4-5-9-23(22)19-30)29-15-12-24(13-16-29)32-20-25-10-6-7-17-31-25;/h4-5,8-9,21,24-25H,3,6-7,10-20H2,1-2H3,(H,27,28);1H. The first-order valence-corrected chi connectivity index (χ1v) is 12.8. The highest BCUT2D eigenvalue weighted by molar-refractivity contribution is 14.0. The van der Waals surface area contributed by atoms with Gasteiger partial charge in [0.15, 0.2) is 5.96 Å². The molecule has 0 bridgehead atoms. The summed E-state index contributed by atoms with van der Waals surface area (Å²) in [6, 6.07) is 9.29. The Hall–Kier alpha value is -0.900.